The van der Waals surface area contributed by atoms with Gasteiger partial charge in [0.1, 0.15) is 10.6 Å². The molecule has 2 rings (SSSR count). The molecule has 1 aliphatic rings. The van der Waals surface area contributed by atoms with Crippen LogP contribution < -0.4 is 4.74 Å². The largest absolute Gasteiger partial charge is 0.495 e. The summed E-state index contributed by atoms with van der Waals surface area (Å²) >= 11 is 0. The van der Waals surface area contributed by atoms with Gasteiger partial charge >= 0.3 is 0 Å². The number of carbonyl (C=O) groups is 1. The van der Waals surface area contributed by atoms with E-state index in [0.717, 1.165) is 5.57 Å². The summed E-state index contributed by atoms with van der Waals surface area (Å²) in [6.45, 7) is 9.98. The molecular weight excluding hydrogens is 380 g/mol. The summed E-state index contributed by atoms with van der Waals surface area (Å²) in [6, 6.07) is 4.85. The van der Waals surface area contributed by atoms with Crippen LogP contribution in [0.3, 0.4) is 0 Å². The number of hydrogen-bond donors (Lipinski definition) is 0. The Hall–Kier alpha value is -2.16. The normalized spacial score (nSPS) is 15.5. The van der Waals surface area contributed by atoms with Crippen molar-refractivity contribution in [2.75, 3.05) is 46.5 Å². The van der Waals surface area contributed by atoms with Gasteiger partial charge in [-0.15, -0.1) is 0 Å². The van der Waals surface area contributed by atoms with Crippen LogP contribution in [0, 0.1) is 0 Å². The molecule has 1 fully saturated rings. The average molecular weight is 409 g/mol. The predicted molar refractivity (Wildman–Crippen MR) is 109 cm³/mol. The third-order valence-corrected chi connectivity index (χ3v) is 6.27. The summed E-state index contributed by atoms with van der Waals surface area (Å²) in [5.74, 6) is 0.117. The van der Waals surface area contributed by atoms with Crippen molar-refractivity contribution in [3.8, 4) is 5.75 Å². The lowest BCUT2D eigenvalue weighted by molar-refractivity contribution is -0.125. The Kier molecular flexibility index (Phi) is 7.79. The molecule has 1 aromatic rings. The number of hydrogen-bond acceptors (Lipinski definition) is 5. The Labute approximate surface area is 167 Å². The van der Waals surface area contributed by atoms with Crippen molar-refractivity contribution in [3.05, 3.63) is 42.0 Å². The highest BCUT2D eigenvalue weighted by atomic mass is 32.2. The number of benzene rings is 1. The maximum atomic E-state index is 13.0. The second kappa shape index (κ2) is 9.86. The lowest BCUT2D eigenvalue weighted by atomic mass is 10.2. The zero-order valence-corrected chi connectivity index (χ0v) is 17.5. The van der Waals surface area contributed by atoms with E-state index >= 15 is 0 Å². The van der Waals surface area contributed by atoms with Gasteiger partial charge < -0.3 is 14.4 Å². The molecule has 0 bridgehead atoms. The van der Waals surface area contributed by atoms with Gasteiger partial charge in [0.25, 0.3) is 0 Å². The Morgan fingerprint density at radius 1 is 1.36 bits per heavy atom. The topological polar surface area (TPSA) is 76.2 Å². The zero-order valence-electron chi connectivity index (χ0n) is 16.7. The number of methoxy groups -OCH3 is 1. The van der Waals surface area contributed by atoms with Gasteiger partial charge in [-0.1, -0.05) is 18.2 Å². The van der Waals surface area contributed by atoms with Crippen molar-refractivity contribution in [2.24, 2.45) is 0 Å². The molecule has 0 atom stereocenters. The second-order valence-electron chi connectivity index (χ2n) is 6.57. The molecule has 0 aromatic heterocycles. The maximum absolute atomic E-state index is 13.0. The fourth-order valence-corrected chi connectivity index (χ4v) is 4.47. The number of nitrogens with zero attached hydrogens (tertiary/aromatic N) is 2. The van der Waals surface area contributed by atoms with Crippen LogP contribution in [0.1, 0.15) is 19.4 Å². The molecule has 7 nitrogen and oxygen atoms in total. The molecule has 0 radical (unpaired) electrons. The van der Waals surface area contributed by atoms with Gasteiger partial charge in [-0.25, -0.2) is 8.42 Å². The number of carbonyl (C=O) groups excluding carboxylic acids is 1. The molecule has 1 saturated heterocycles. The predicted octanol–water partition coefficient (Wildman–Crippen LogP) is 2.15. The molecule has 8 heteroatoms. The zero-order chi connectivity index (χ0) is 20.7. The number of morpholine rings is 1. The van der Waals surface area contributed by atoms with Crippen LogP contribution in [0.15, 0.2) is 41.3 Å². The minimum absolute atomic E-state index is 0.0841. The van der Waals surface area contributed by atoms with Crippen LogP contribution in [0.4, 0.5) is 0 Å². The van der Waals surface area contributed by atoms with E-state index in [1.54, 1.807) is 23.1 Å². The van der Waals surface area contributed by atoms with Gasteiger partial charge in [-0.05, 0) is 37.6 Å². The minimum Gasteiger partial charge on any atom is -0.495 e. The second-order valence-corrected chi connectivity index (χ2v) is 8.48. The van der Waals surface area contributed by atoms with Gasteiger partial charge in [0, 0.05) is 32.3 Å². The number of sulfonamides is 1. The summed E-state index contributed by atoms with van der Waals surface area (Å²) < 4.78 is 37.9. The minimum atomic E-state index is -3.72. The van der Waals surface area contributed by atoms with E-state index in [2.05, 4.69) is 6.58 Å². The van der Waals surface area contributed by atoms with Crippen LogP contribution in [0.5, 0.6) is 5.75 Å². The first-order chi connectivity index (χ1) is 13.3. The van der Waals surface area contributed by atoms with E-state index < -0.39 is 10.0 Å². The van der Waals surface area contributed by atoms with Crippen molar-refractivity contribution < 1.29 is 22.7 Å². The maximum Gasteiger partial charge on any atom is 0.246 e. The molecule has 1 amide bonds. The van der Waals surface area contributed by atoms with Crippen molar-refractivity contribution in [2.45, 2.75) is 18.7 Å². The Morgan fingerprint density at radius 2 is 2.04 bits per heavy atom. The molecule has 0 unspecified atom stereocenters. The Bertz CT molecular complexity index is 842. The molecule has 154 valence electrons. The first kappa shape index (κ1) is 22.1. The number of amides is 1. The number of likely N-dealkylation sites (N-methyl/N-ethyl adjacent to an activating group) is 1. The highest BCUT2D eigenvalue weighted by molar-refractivity contribution is 7.89. The number of ether oxygens (including phenoxy) is 2. The van der Waals surface area contributed by atoms with Gasteiger partial charge in [-0.3, -0.25) is 4.79 Å². The summed E-state index contributed by atoms with van der Waals surface area (Å²) in [4.78, 5) is 14.1. The van der Waals surface area contributed by atoms with E-state index in [4.69, 9.17) is 9.47 Å². The van der Waals surface area contributed by atoms with Gasteiger partial charge in [0.05, 0.1) is 20.3 Å². The van der Waals surface area contributed by atoms with Crippen molar-refractivity contribution in [1.29, 1.82) is 0 Å². The molecular formula is C20H28N2O5S. The summed E-state index contributed by atoms with van der Waals surface area (Å²) in [7, 11) is -2.28. The molecule has 28 heavy (non-hydrogen) atoms. The van der Waals surface area contributed by atoms with Crippen LogP contribution >= 0.6 is 0 Å². The lowest BCUT2D eigenvalue weighted by Gasteiger charge is -2.26. The average Bonchev–Trinajstić information content (AvgIpc) is 2.70. The lowest BCUT2D eigenvalue weighted by Crippen LogP contribution is -2.40. The van der Waals surface area contributed by atoms with Crippen LogP contribution in [0.25, 0.3) is 6.08 Å². The molecule has 0 spiro atoms. The van der Waals surface area contributed by atoms with Gasteiger partial charge in [0.2, 0.25) is 15.9 Å². The van der Waals surface area contributed by atoms with E-state index in [0.29, 0.717) is 45.0 Å². The molecule has 1 aromatic carbocycles. The van der Waals surface area contributed by atoms with E-state index in [1.165, 1.54) is 23.6 Å². The fourth-order valence-electron chi connectivity index (χ4n) is 2.87. The van der Waals surface area contributed by atoms with Gasteiger partial charge in [-0.2, -0.15) is 4.31 Å². The molecule has 0 saturated carbocycles. The highest BCUT2D eigenvalue weighted by Gasteiger charge is 2.29. The SMILES string of the molecule is C=C(C)CN(CC)C(=O)/C=C/c1ccc(OC)c(S(=O)(=O)N2CCOCC2)c1. The summed E-state index contributed by atoms with van der Waals surface area (Å²) in [5.41, 5.74) is 1.50. The van der Waals surface area contributed by atoms with Crippen molar-refractivity contribution in [1.82, 2.24) is 9.21 Å². The fraction of sp³-hybridized carbons (Fsp3) is 0.450. The summed E-state index contributed by atoms with van der Waals surface area (Å²) in [6.07, 6.45) is 3.06. The third-order valence-electron chi connectivity index (χ3n) is 4.35. The van der Waals surface area contributed by atoms with Crippen LogP contribution in [-0.2, 0) is 19.6 Å². The highest BCUT2D eigenvalue weighted by Crippen LogP contribution is 2.28. The first-order valence-corrected chi connectivity index (χ1v) is 10.6. The van der Waals surface area contributed by atoms with E-state index in [1.807, 2.05) is 13.8 Å². The standard InChI is InChI=1S/C20H28N2O5S/c1-5-21(15-16(2)3)20(23)9-7-17-6-8-18(26-4)19(14-17)28(24,25)22-10-12-27-13-11-22/h6-9,14H,2,5,10-13,15H2,1,3-4H3/b9-7+. The Balaban J connectivity index is 2.29. The third kappa shape index (κ3) is 5.43. The van der Waals surface area contributed by atoms with E-state index in [9.17, 15) is 13.2 Å². The van der Waals surface area contributed by atoms with Crippen LogP contribution in [-0.4, -0.2) is 70.0 Å². The monoisotopic (exact) mass is 408 g/mol. The molecule has 1 heterocycles. The van der Waals surface area contributed by atoms with Crippen molar-refractivity contribution >= 4 is 22.0 Å². The Morgan fingerprint density at radius 3 is 2.61 bits per heavy atom. The van der Waals surface area contributed by atoms with Crippen LogP contribution in [0.2, 0.25) is 0 Å². The quantitative estimate of drug-likeness (QED) is 0.487. The van der Waals surface area contributed by atoms with E-state index in [-0.39, 0.29) is 16.6 Å². The van der Waals surface area contributed by atoms with Gasteiger partial charge in [0.15, 0.2) is 0 Å². The molecule has 1 aliphatic heterocycles. The van der Waals surface area contributed by atoms with Crippen molar-refractivity contribution in [3.63, 3.8) is 0 Å². The molecule has 0 N–H and O–H groups in total. The molecule has 0 aliphatic carbocycles. The number of rotatable bonds is 8. The smallest absolute Gasteiger partial charge is 0.246 e. The summed E-state index contributed by atoms with van der Waals surface area (Å²) in [5, 5.41) is 0. The first-order valence-electron chi connectivity index (χ1n) is 9.17.